The average molecular weight is 514 g/mol. The van der Waals surface area contributed by atoms with Crippen molar-refractivity contribution in [1.82, 2.24) is 14.8 Å². The van der Waals surface area contributed by atoms with Crippen LogP contribution in [0.1, 0.15) is 69.7 Å². The third-order valence-electron chi connectivity index (χ3n) is 8.39. The molecule has 3 aliphatic rings. The molecular weight excluding hydrogens is 470 g/mol. The van der Waals surface area contributed by atoms with E-state index in [1.165, 1.54) is 12.8 Å². The minimum absolute atomic E-state index is 0.0290. The number of primary amides is 1. The highest BCUT2D eigenvalue weighted by molar-refractivity contribution is 6.01. The number of carbonyl (C=O) groups is 3. The van der Waals surface area contributed by atoms with Crippen molar-refractivity contribution < 1.29 is 19.1 Å². The monoisotopic (exact) mass is 513 g/mol. The lowest BCUT2D eigenvalue weighted by atomic mass is 9.75. The van der Waals surface area contributed by atoms with E-state index in [2.05, 4.69) is 30.7 Å². The van der Waals surface area contributed by atoms with Crippen molar-refractivity contribution in [3.05, 3.63) is 23.9 Å². The van der Waals surface area contributed by atoms with Gasteiger partial charge in [0.15, 0.2) is 0 Å². The van der Waals surface area contributed by atoms with E-state index in [4.69, 9.17) is 10.5 Å². The summed E-state index contributed by atoms with van der Waals surface area (Å²) in [4.78, 5) is 48.4. The Labute approximate surface area is 220 Å². The van der Waals surface area contributed by atoms with Gasteiger partial charge in [-0.05, 0) is 62.0 Å². The van der Waals surface area contributed by atoms with E-state index in [9.17, 15) is 14.4 Å². The molecule has 0 spiro atoms. The molecule has 0 bridgehead atoms. The highest BCUT2D eigenvalue weighted by Gasteiger charge is 2.35. The second-order valence-corrected chi connectivity index (χ2v) is 11.3. The third kappa shape index (κ3) is 6.43. The molecule has 4 unspecified atom stereocenters. The summed E-state index contributed by atoms with van der Waals surface area (Å²) in [6.45, 7) is 9.87. The van der Waals surface area contributed by atoms with Gasteiger partial charge in [0.05, 0.1) is 11.7 Å². The van der Waals surface area contributed by atoms with Crippen molar-refractivity contribution in [2.24, 2.45) is 23.5 Å². The van der Waals surface area contributed by atoms with E-state index in [1.807, 2.05) is 4.90 Å². The van der Waals surface area contributed by atoms with Crippen LogP contribution in [0.3, 0.4) is 0 Å². The first-order valence-electron chi connectivity index (χ1n) is 14.0. The van der Waals surface area contributed by atoms with Crippen LogP contribution in [0.15, 0.2) is 18.3 Å². The second kappa shape index (κ2) is 12.2. The number of rotatable bonds is 7. The van der Waals surface area contributed by atoms with Crippen LogP contribution in [-0.2, 0) is 14.3 Å². The fourth-order valence-electron chi connectivity index (χ4n) is 6.23. The van der Waals surface area contributed by atoms with E-state index in [0.717, 1.165) is 19.3 Å². The molecule has 4 atom stereocenters. The van der Waals surface area contributed by atoms with Crippen LogP contribution in [-0.4, -0.2) is 84.0 Å². The van der Waals surface area contributed by atoms with Gasteiger partial charge in [-0.1, -0.05) is 27.2 Å². The molecule has 3 amide bonds. The van der Waals surface area contributed by atoms with Crippen molar-refractivity contribution in [2.75, 3.05) is 44.2 Å². The van der Waals surface area contributed by atoms with Gasteiger partial charge in [0.25, 0.3) is 5.91 Å². The fraction of sp³-hybridized carbons (Fsp3) is 0.714. The molecule has 1 saturated carbocycles. The lowest BCUT2D eigenvalue weighted by Crippen LogP contribution is -2.44. The van der Waals surface area contributed by atoms with E-state index in [1.54, 1.807) is 23.2 Å². The standard InChI is InChI=1S/C28H43N5O4/c1-19(2)21-10-9-20(3)17-24(21)37-18-25(34)31-12-6-13-32(16-15-31)27-22(7-4-11-30-27)28(36)33-14-5-8-23(33)26(29)35/h4,7,11,19-21,23-24H,5-6,8-10,12-18H2,1-3H3,(H2,29,35). The lowest BCUT2D eigenvalue weighted by molar-refractivity contribution is -0.141. The van der Waals surface area contributed by atoms with Crippen molar-refractivity contribution in [3.8, 4) is 0 Å². The smallest absolute Gasteiger partial charge is 0.258 e. The number of anilines is 1. The molecule has 1 aromatic heterocycles. The second-order valence-electron chi connectivity index (χ2n) is 11.3. The Balaban J connectivity index is 1.37. The molecule has 9 heteroatoms. The Morgan fingerprint density at radius 1 is 1.08 bits per heavy atom. The molecule has 9 nitrogen and oxygen atoms in total. The summed E-state index contributed by atoms with van der Waals surface area (Å²) in [6.07, 6.45) is 7.38. The zero-order chi connectivity index (χ0) is 26.5. The molecular formula is C28H43N5O4. The normalized spacial score (nSPS) is 26.9. The predicted molar refractivity (Wildman–Crippen MR) is 142 cm³/mol. The molecule has 1 aliphatic carbocycles. The van der Waals surface area contributed by atoms with Crippen LogP contribution in [0, 0.1) is 17.8 Å². The zero-order valence-electron chi connectivity index (χ0n) is 22.6. The maximum atomic E-state index is 13.4. The molecule has 0 aromatic carbocycles. The van der Waals surface area contributed by atoms with Crippen molar-refractivity contribution in [1.29, 1.82) is 0 Å². The lowest BCUT2D eigenvalue weighted by Gasteiger charge is -2.37. The van der Waals surface area contributed by atoms with Gasteiger partial charge in [-0.15, -0.1) is 0 Å². The predicted octanol–water partition coefficient (Wildman–Crippen LogP) is 2.69. The van der Waals surface area contributed by atoms with E-state index in [-0.39, 0.29) is 24.5 Å². The number of carbonyl (C=O) groups excluding carboxylic acids is 3. The highest BCUT2D eigenvalue weighted by Crippen LogP contribution is 2.35. The fourth-order valence-corrected chi connectivity index (χ4v) is 6.23. The number of hydrogen-bond donors (Lipinski definition) is 1. The van der Waals surface area contributed by atoms with Gasteiger partial charge in [0, 0.05) is 38.9 Å². The number of aromatic nitrogens is 1. The van der Waals surface area contributed by atoms with Crippen LogP contribution < -0.4 is 10.6 Å². The highest BCUT2D eigenvalue weighted by atomic mass is 16.5. The summed E-state index contributed by atoms with van der Waals surface area (Å²) >= 11 is 0. The number of hydrogen-bond acceptors (Lipinski definition) is 6. The molecule has 3 fully saturated rings. The van der Waals surface area contributed by atoms with E-state index < -0.39 is 11.9 Å². The van der Waals surface area contributed by atoms with Crippen molar-refractivity contribution >= 4 is 23.5 Å². The van der Waals surface area contributed by atoms with Crippen LogP contribution in [0.4, 0.5) is 5.82 Å². The van der Waals surface area contributed by atoms with Gasteiger partial charge in [-0.2, -0.15) is 0 Å². The summed E-state index contributed by atoms with van der Waals surface area (Å²) in [7, 11) is 0. The molecule has 2 aliphatic heterocycles. The van der Waals surface area contributed by atoms with Gasteiger partial charge in [0.2, 0.25) is 11.8 Å². The van der Waals surface area contributed by atoms with Crippen LogP contribution in [0.25, 0.3) is 0 Å². The van der Waals surface area contributed by atoms with Gasteiger partial charge in [-0.25, -0.2) is 4.98 Å². The largest absolute Gasteiger partial charge is 0.368 e. The van der Waals surface area contributed by atoms with Crippen molar-refractivity contribution in [3.63, 3.8) is 0 Å². The van der Waals surface area contributed by atoms with Gasteiger partial charge >= 0.3 is 0 Å². The molecule has 37 heavy (non-hydrogen) atoms. The Morgan fingerprint density at radius 3 is 2.65 bits per heavy atom. The average Bonchev–Trinajstić information content (AvgIpc) is 3.25. The van der Waals surface area contributed by atoms with Gasteiger partial charge < -0.3 is 25.2 Å². The third-order valence-corrected chi connectivity index (χ3v) is 8.39. The van der Waals surface area contributed by atoms with Crippen LogP contribution in [0.2, 0.25) is 0 Å². The summed E-state index contributed by atoms with van der Waals surface area (Å²) in [5.74, 6) is 1.64. The number of nitrogens with two attached hydrogens (primary N) is 1. The summed E-state index contributed by atoms with van der Waals surface area (Å²) < 4.78 is 6.23. The quantitative estimate of drug-likeness (QED) is 0.601. The topological polar surface area (TPSA) is 109 Å². The number of nitrogens with zero attached hydrogens (tertiary/aromatic N) is 4. The summed E-state index contributed by atoms with van der Waals surface area (Å²) in [6, 6.07) is 2.94. The minimum Gasteiger partial charge on any atom is -0.368 e. The Morgan fingerprint density at radius 2 is 1.89 bits per heavy atom. The molecule has 204 valence electrons. The molecule has 2 N–H and O–H groups in total. The first-order chi connectivity index (χ1) is 17.8. The Hall–Kier alpha value is -2.68. The number of pyridine rings is 1. The Kier molecular flexibility index (Phi) is 9.05. The van der Waals surface area contributed by atoms with Gasteiger partial charge in [-0.3, -0.25) is 14.4 Å². The van der Waals surface area contributed by atoms with Gasteiger partial charge in [0.1, 0.15) is 18.5 Å². The van der Waals surface area contributed by atoms with E-state index >= 15 is 0 Å². The minimum atomic E-state index is -0.569. The number of amides is 3. The molecule has 1 aromatic rings. The first kappa shape index (κ1) is 27.4. The first-order valence-corrected chi connectivity index (χ1v) is 14.0. The molecule has 4 rings (SSSR count). The van der Waals surface area contributed by atoms with Crippen LogP contribution >= 0.6 is 0 Å². The summed E-state index contributed by atoms with van der Waals surface area (Å²) in [5, 5.41) is 0. The molecule has 2 saturated heterocycles. The zero-order valence-corrected chi connectivity index (χ0v) is 22.6. The SMILES string of the molecule is CC1CCC(C(C)C)C(OCC(=O)N2CCCN(c3ncccc3C(=O)N3CCCC3C(N)=O)CC2)C1. The molecule has 0 radical (unpaired) electrons. The number of ether oxygens (including phenoxy) is 1. The Bertz CT molecular complexity index is 970. The maximum absolute atomic E-state index is 13.4. The summed E-state index contributed by atoms with van der Waals surface area (Å²) in [5.41, 5.74) is 6.02. The molecule has 3 heterocycles. The number of likely N-dealkylation sites (tertiary alicyclic amines) is 1. The van der Waals surface area contributed by atoms with Crippen LogP contribution in [0.5, 0.6) is 0 Å². The maximum Gasteiger partial charge on any atom is 0.258 e. The van der Waals surface area contributed by atoms with E-state index in [0.29, 0.717) is 68.3 Å². The van der Waals surface area contributed by atoms with Crippen molar-refractivity contribution in [2.45, 2.75) is 71.4 Å².